The van der Waals surface area contributed by atoms with Gasteiger partial charge in [-0.1, -0.05) is 12.1 Å². The van der Waals surface area contributed by atoms with E-state index in [-0.39, 0.29) is 0 Å². The van der Waals surface area contributed by atoms with Crippen LogP contribution in [-0.2, 0) is 0 Å². The molecule has 17 heavy (non-hydrogen) atoms. The highest BCUT2D eigenvalue weighted by Gasteiger charge is 2.10. The van der Waals surface area contributed by atoms with Crippen molar-refractivity contribution in [2.75, 3.05) is 0 Å². The molecule has 0 unspecified atom stereocenters. The first-order chi connectivity index (χ1) is 8.13. The smallest absolute Gasteiger partial charge is 0.345 e. The van der Waals surface area contributed by atoms with Gasteiger partial charge in [0.1, 0.15) is 9.71 Å². The van der Waals surface area contributed by atoms with Crippen molar-refractivity contribution >= 4 is 38.4 Å². The van der Waals surface area contributed by atoms with Crippen molar-refractivity contribution in [3.63, 3.8) is 0 Å². The Labute approximate surface area is 101 Å². The van der Waals surface area contributed by atoms with E-state index >= 15 is 0 Å². The molecule has 0 spiro atoms. The van der Waals surface area contributed by atoms with E-state index < -0.39 is 5.97 Å². The first kappa shape index (κ1) is 10.2. The Balaban J connectivity index is 2.36. The maximum Gasteiger partial charge on any atom is 0.345 e. The lowest BCUT2D eigenvalue weighted by atomic mass is 10.1. The highest BCUT2D eigenvalue weighted by atomic mass is 32.1. The summed E-state index contributed by atoms with van der Waals surface area (Å²) >= 11 is 1.22. The number of pyridine rings is 1. The Bertz CT molecular complexity index is 746. The second-order valence-corrected chi connectivity index (χ2v) is 5.03. The number of rotatable bonds is 1. The average molecular weight is 243 g/mol. The maximum atomic E-state index is 10.9. The predicted octanol–water partition coefficient (Wildman–Crippen LogP) is 3.46. The van der Waals surface area contributed by atoms with Gasteiger partial charge in [0.15, 0.2) is 0 Å². The second kappa shape index (κ2) is 3.53. The fourth-order valence-electron chi connectivity index (χ4n) is 1.84. The number of hydrogen-bond donors (Lipinski definition) is 1. The lowest BCUT2D eigenvalue weighted by molar-refractivity contribution is 0.0702. The van der Waals surface area contributed by atoms with Gasteiger partial charge in [-0.2, -0.15) is 0 Å². The first-order valence-electron chi connectivity index (χ1n) is 5.18. The molecule has 0 amide bonds. The van der Waals surface area contributed by atoms with Crippen LogP contribution in [0.25, 0.3) is 21.1 Å². The Hall–Kier alpha value is -1.94. The molecule has 84 valence electrons. The number of nitrogens with zero attached hydrogens (tertiary/aromatic N) is 1. The Morgan fingerprint density at radius 3 is 2.82 bits per heavy atom. The molecule has 3 rings (SSSR count). The summed E-state index contributed by atoms with van der Waals surface area (Å²) in [6.07, 6.45) is 0. The van der Waals surface area contributed by atoms with Crippen molar-refractivity contribution in [2.24, 2.45) is 0 Å². The summed E-state index contributed by atoms with van der Waals surface area (Å²) in [4.78, 5) is 16.5. The third-order valence-corrected chi connectivity index (χ3v) is 3.70. The molecule has 0 atom stereocenters. The minimum atomic E-state index is -0.895. The van der Waals surface area contributed by atoms with Crippen molar-refractivity contribution < 1.29 is 9.90 Å². The predicted molar refractivity (Wildman–Crippen MR) is 68.8 cm³/mol. The maximum absolute atomic E-state index is 10.9. The van der Waals surface area contributed by atoms with Crippen LogP contribution in [0.4, 0.5) is 0 Å². The molecule has 0 bridgehead atoms. The number of benzene rings is 1. The molecule has 0 saturated heterocycles. The summed E-state index contributed by atoms with van der Waals surface area (Å²) in [5.74, 6) is -0.895. The minimum Gasteiger partial charge on any atom is -0.477 e. The molecular weight excluding hydrogens is 234 g/mol. The SMILES string of the molecule is Cc1ccc2cc3cc(C(=O)O)sc3nc2c1. The molecule has 4 heteroatoms. The van der Waals surface area contributed by atoms with E-state index in [1.807, 2.05) is 31.2 Å². The third-order valence-electron chi connectivity index (χ3n) is 2.67. The van der Waals surface area contributed by atoms with Gasteiger partial charge in [-0.15, -0.1) is 11.3 Å². The van der Waals surface area contributed by atoms with Gasteiger partial charge in [0.05, 0.1) is 5.52 Å². The van der Waals surface area contributed by atoms with Crippen LogP contribution in [-0.4, -0.2) is 16.1 Å². The van der Waals surface area contributed by atoms with E-state index in [2.05, 4.69) is 4.98 Å². The standard InChI is InChI=1S/C13H9NO2S/c1-7-2-3-8-5-9-6-11(13(15)16)17-12(9)14-10(8)4-7/h2-6H,1H3,(H,15,16). The van der Waals surface area contributed by atoms with Gasteiger partial charge in [-0.25, -0.2) is 9.78 Å². The van der Waals surface area contributed by atoms with Gasteiger partial charge in [0.2, 0.25) is 0 Å². The number of aromatic nitrogens is 1. The average Bonchev–Trinajstić information content (AvgIpc) is 2.68. The van der Waals surface area contributed by atoms with Gasteiger partial charge in [-0.05, 0) is 30.7 Å². The zero-order valence-corrected chi connectivity index (χ0v) is 9.91. The van der Waals surface area contributed by atoms with Gasteiger partial charge in [0.25, 0.3) is 0 Å². The van der Waals surface area contributed by atoms with Crippen molar-refractivity contribution in [2.45, 2.75) is 6.92 Å². The molecule has 0 saturated carbocycles. The Morgan fingerprint density at radius 1 is 1.24 bits per heavy atom. The monoisotopic (exact) mass is 243 g/mol. The number of aromatic carboxylic acids is 1. The van der Waals surface area contributed by atoms with Crippen LogP contribution in [0.3, 0.4) is 0 Å². The van der Waals surface area contributed by atoms with Crippen LogP contribution < -0.4 is 0 Å². The van der Waals surface area contributed by atoms with E-state index in [4.69, 9.17) is 5.11 Å². The van der Waals surface area contributed by atoms with E-state index in [1.165, 1.54) is 11.3 Å². The first-order valence-corrected chi connectivity index (χ1v) is 5.99. The number of fused-ring (bicyclic) bond motifs is 2. The normalized spacial score (nSPS) is 11.1. The highest BCUT2D eigenvalue weighted by molar-refractivity contribution is 7.20. The summed E-state index contributed by atoms with van der Waals surface area (Å²) < 4.78 is 0. The van der Waals surface area contributed by atoms with Crippen LogP contribution >= 0.6 is 11.3 Å². The molecule has 1 N–H and O–H groups in total. The van der Waals surface area contributed by atoms with Crippen LogP contribution in [0, 0.1) is 6.92 Å². The van der Waals surface area contributed by atoms with E-state index in [0.717, 1.165) is 26.7 Å². The van der Waals surface area contributed by atoms with Crippen LogP contribution in [0.2, 0.25) is 0 Å². The number of carboxylic acid groups (broad SMARTS) is 1. The largest absolute Gasteiger partial charge is 0.477 e. The van der Waals surface area contributed by atoms with Gasteiger partial charge >= 0.3 is 5.97 Å². The van der Waals surface area contributed by atoms with Gasteiger partial charge in [0, 0.05) is 10.8 Å². The summed E-state index contributed by atoms with van der Waals surface area (Å²) in [6.45, 7) is 2.02. The fourth-order valence-corrected chi connectivity index (χ4v) is 2.70. The molecule has 0 fully saturated rings. The Morgan fingerprint density at radius 2 is 2.06 bits per heavy atom. The second-order valence-electron chi connectivity index (χ2n) is 3.99. The number of hydrogen-bond acceptors (Lipinski definition) is 3. The van der Waals surface area contributed by atoms with Crippen molar-refractivity contribution in [3.8, 4) is 0 Å². The number of carboxylic acids is 1. The molecule has 2 heterocycles. The van der Waals surface area contributed by atoms with Crippen LogP contribution in [0.1, 0.15) is 15.2 Å². The lowest BCUT2D eigenvalue weighted by Gasteiger charge is -1.98. The molecule has 3 aromatic rings. The summed E-state index contributed by atoms with van der Waals surface area (Å²) in [7, 11) is 0. The van der Waals surface area contributed by atoms with E-state index in [0.29, 0.717) is 4.88 Å². The summed E-state index contributed by atoms with van der Waals surface area (Å²) in [6, 6.07) is 9.71. The van der Waals surface area contributed by atoms with Crippen LogP contribution in [0.5, 0.6) is 0 Å². The summed E-state index contributed by atoms with van der Waals surface area (Å²) in [5, 5.41) is 10.9. The third kappa shape index (κ3) is 1.66. The molecule has 2 aromatic heterocycles. The molecule has 0 aliphatic rings. The number of thiophene rings is 1. The fraction of sp³-hybridized carbons (Fsp3) is 0.0769. The number of carbonyl (C=O) groups is 1. The van der Waals surface area contributed by atoms with Crippen LogP contribution in [0.15, 0.2) is 30.3 Å². The van der Waals surface area contributed by atoms with Crippen molar-refractivity contribution in [1.29, 1.82) is 0 Å². The number of aryl methyl sites for hydroxylation is 1. The molecular formula is C13H9NO2S. The van der Waals surface area contributed by atoms with Crippen molar-refractivity contribution in [1.82, 2.24) is 4.98 Å². The van der Waals surface area contributed by atoms with E-state index in [1.54, 1.807) is 6.07 Å². The lowest BCUT2D eigenvalue weighted by Crippen LogP contribution is -1.89. The molecule has 3 nitrogen and oxygen atoms in total. The summed E-state index contributed by atoms with van der Waals surface area (Å²) in [5.41, 5.74) is 2.07. The zero-order chi connectivity index (χ0) is 12.0. The highest BCUT2D eigenvalue weighted by Crippen LogP contribution is 2.27. The molecule has 0 radical (unpaired) electrons. The van der Waals surface area contributed by atoms with Crippen molar-refractivity contribution in [3.05, 3.63) is 40.8 Å². The zero-order valence-electron chi connectivity index (χ0n) is 9.10. The minimum absolute atomic E-state index is 0.333. The molecule has 0 aliphatic carbocycles. The Kier molecular flexibility index (Phi) is 2.12. The molecule has 1 aromatic carbocycles. The molecule has 0 aliphatic heterocycles. The van der Waals surface area contributed by atoms with Gasteiger partial charge < -0.3 is 5.11 Å². The van der Waals surface area contributed by atoms with E-state index in [9.17, 15) is 4.79 Å². The van der Waals surface area contributed by atoms with Gasteiger partial charge in [-0.3, -0.25) is 0 Å². The topological polar surface area (TPSA) is 50.2 Å². The quantitative estimate of drug-likeness (QED) is 0.712.